The van der Waals surface area contributed by atoms with Gasteiger partial charge in [0.15, 0.2) is 6.10 Å². The molecule has 3 fully saturated rings. The number of aryl methyl sites for hydroxylation is 2. The fourth-order valence-electron chi connectivity index (χ4n) is 18.3. The summed E-state index contributed by atoms with van der Waals surface area (Å²) in [5, 5.41) is 23.4. The summed E-state index contributed by atoms with van der Waals surface area (Å²) in [7, 11) is 4.56. The molecule has 1 amide bonds. The third-order valence-corrected chi connectivity index (χ3v) is 25.2. The van der Waals surface area contributed by atoms with Crippen LogP contribution in [0.25, 0.3) is 0 Å². The van der Waals surface area contributed by atoms with E-state index in [-0.39, 0.29) is 101 Å². The van der Waals surface area contributed by atoms with Gasteiger partial charge in [-0.25, -0.2) is 4.79 Å². The minimum atomic E-state index is -2.63. The van der Waals surface area contributed by atoms with E-state index in [4.69, 9.17) is 47.4 Å². The number of unbranched alkanes of at least 4 members (excludes halogenated alkanes) is 24. The summed E-state index contributed by atoms with van der Waals surface area (Å²) in [6, 6.07) is 2.32. The molecule has 15 atom stereocenters. The number of Topliss-reactive ketones (excluding diaryl/α,β-unsaturated/α-hetero) is 2. The second kappa shape index (κ2) is 55.9. The predicted molar refractivity (Wildman–Crippen MR) is 466 cm³/mol. The number of amides is 1. The van der Waals surface area contributed by atoms with E-state index in [9.17, 15) is 39.0 Å². The van der Waals surface area contributed by atoms with E-state index in [0.717, 1.165) is 54.6 Å². The molecule has 1 unspecified atom stereocenters. The second-order valence-corrected chi connectivity index (χ2v) is 36.7. The highest BCUT2D eigenvalue weighted by Gasteiger charge is 2.57. The number of ether oxygens (including phenoxy) is 10. The van der Waals surface area contributed by atoms with Crippen molar-refractivity contribution in [3.63, 3.8) is 0 Å². The van der Waals surface area contributed by atoms with Crippen LogP contribution in [0.2, 0.25) is 0 Å². The molecule has 120 heavy (non-hydrogen) atoms. The highest BCUT2D eigenvalue weighted by molar-refractivity contribution is 6.39. The van der Waals surface area contributed by atoms with Crippen LogP contribution in [0.15, 0.2) is 48.1 Å². The van der Waals surface area contributed by atoms with Gasteiger partial charge in [-0.05, 0) is 145 Å². The Balaban J connectivity index is 1.37. The average Bonchev–Trinajstić information content (AvgIpc) is 0.767. The number of methoxy groups -OCH3 is 3. The summed E-state index contributed by atoms with van der Waals surface area (Å²) in [5.74, 6) is -12.4. The van der Waals surface area contributed by atoms with Crippen LogP contribution >= 0.6 is 0 Å². The normalized spacial score (nSPS) is 25.9. The summed E-state index contributed by atoms with van der Waals surface area (Å²) in [6.07, 6.45) is 31.8. The van der Waals surface area contributed by atoms with Crippen LogP contribution < -0.4 is 4.74 Å². The van der Waals surface area contributed by atoms with Crippen molar-refractivity contribution in [1.82, 2.24) is 4.90 Å². The first-order valence-electron chi connectivity index (χ1n) is 46.6. The Hall–Kier alpha value is -6.17. The molecule has 2 N–H and O–H groups in total. The number of fused-ring (bicyclic) bond motifs is 3. The smallest absolute Gasteiger partial charge is 0.329 e. The number of benzene rings is 1. The van der Waals surface area contributed by atoms with Gasteiger partial charge in [0.05, 0.1) is 30.8 Å². The number of piperidine rings is 1. The quantitative estimate of drug-likeness (QED) is 0.0153. The van der Waals surface area contributed by atoms with E-state index < -0.39 is 137 Å². The number of allylic oxidation sites excluding steroid dienone is 4. The Morgan fingerprint density at radius 2 is 1.18 bits per heavy atom. The van der Waals surface area contributed by atoms with Gasteiger partial charge < -0.3 is 62.5 Å². The molecule has 4 aliphatic rings. The number of cyclic esters (lactones) is 1. The Morgan fingerprint density at radius 1 is 0.650 bits per heavy atom. The fraction of sp³-hybridized carbons (Fsp3) is 0.786. The van der Waals surface area contributed by atoms with Crippen molar-refractivity contribution in [3.8, 4) is 5.75 Å². The lowest BCUT2D eigenvalue weighted by atomic mass is 9.78. The molecule has 2 saturated heterocycles. The van der Waals surface area contributed by atoms with Crippen molar-refractivity contribution in [1.29, 1.82) is 0 Å². The molecule has 682 valence electrons. The number of hydrogen-bond acceptors (Lipinski definition) is 21. The number of carbonyl (C=O) groups excluding carboxylic acids is 9. The van der Waals surface area contributed by atoms with E-state index in [0.29, 0.717) is 74.5 Å². The number of esters is 6. The van der Waals surface area contributed by atoms with Gasteiger partial charge in [-0.3, -0.25) is 38.4 Å². The topological polar surface area (TPSA) is 290 Å². The zero-order valence-corrected chi connectivity index (χ0v) is 76.7. The number of carbonyl (C=O) groups is 9. The summed E-state index contributed by atoms with van der Waals surface area (Å²) < 4.78 is 60.9. The summed E-state index contributed by atoms with van der Waals surface area (Å²) in [5.41, 5.74) is 2.25. The van der Waals surface area contributed by atoms with Crippen LogP contribution in [-0.2, 0) is 91.2 Å². The van der Waals surface area contributed by atoms with Gasteiger partial charge in [-0.1, -0.05) is 239 Å². The Bertz CT molecular complexity index is 3310. The van der Waals surface area contributed by atoms with Gasteiger partial charge >= 0.3 is 35.8 Å². The fourth-order valence-corrected chi connectivity index (χ4v) is 18.3. The first-order valence-corrected chi connectivity index (χ1v) is 46.6. The zero-order chi connectivity index (χ0) is 88.3. The molecule has 22 heteroatoms. The predicted octanol–water partition coefficient (Wildman–Crippen LogP) is 19.5. The number of aliphatic hydroxyl groups is 2. The van der Waals surface area contributed by atoms with Crippen molar-refractivity contribution in [2.45, 2.75) is 419 Å². The first kappa shape index (κ1) is 104. The molecular weight excluding hydrogens is 1530 g/mol. The maximum Gasteiger partial charge on any atom is 0.329 e. The molecule has 1 aromatic carbocycles. The standard InChI is InChI=1S/C98H159NO21/c1-17-20-22-24-26-28-30-32-34-36-38-40-42-48-86(102)114-65-77(66-115-87(103)49-43-41-39-37-35-33-31-29-27-25-23-21-18-2)116-88(104)58-70(7)59-89(105)118-83-56-69(6)54-71(8)91(83)97(12,13)64-90(106)117-81-63-80(101)76(46-19-3)55-67(4)53-68(5)57-84(112-15)93-85(113-16)61-73(10)98(110,120-93)94(107)95(108)99-52-45-44-47-78(99)96(109)119-92(74(81)11)72(9)60-75-50-51-79(100)82(62-75)111-14/h19,54-56,60,68,70,73-79,81-82,84-85,92-93,100,110H,3,17-18,20-53,57-59,61-66H2,1-2,4-16H3/b67-55+,72-60+/t68-,70?,73+,74+,75-,76+,78-,79+,81-,82+,84-,85-,92+,93+,98+/m0/s1. The van der Waals surface area contributed by atoms with Crippen molar-refractivity contribution in [3.05, 3.63) is 64.8 Å². The summed E-state index contributed by atoms with van der Waals surface area (Å²) in [6.45, 7) is 26.0. The highest BCUT2D eigenvalue weighted by atomic mass is 16.7. The monoisotopic (exact) mass is 1690 g/mol. The number of aliphatic hydroxyl groups excluding tert-OH is 1. The molecule has 2 bridgehead atoms. The van der Waals surface area contributed by atoms with Gasteiger partial charge in [0.2, 0.25) is 5.79 Å². The van der Waals surface area contributed by atoms with E-state index in [2.05, 4.69) is 20.4 Å². The van der Waals surface area contributed by atoms with Crippen LogP contribution in [0.5, 0.6) is 5.75 Å². The third kappa shape index (κ3) is 36.2. The third-order valence-electron chi connectivity index (χ3n) is 25.2. The SMILES string of the molecule is C=CC[C@@H]1/C=C(\C)C[C@H](C)C[C@H](OC)[C@H]2O[C@@](O)(C(=O)C(=O)N3CCCC[C@H]3C(=O)O[C@H](/C(C)=C/[C@@H]3CC[C@@H](O)[C@H](OC)C3)[C@H](C)[C@@H](OC(=O)CC(C)(C)c3c(C)cc(C)cc3OC(=O)CC(C)CC(=O)OC(COC(=O)CCCCCCCCCCCCCCC)COC(=O)CCCCCCCCCCCCCCC)CC1=O)[C@H](C)C[C@@H]2OC. The van der Waals surface area contributed by atoms with Crippen LogP contribution in [0.3, 0.4) is 0 Å². The summed E-state index contributed by atoms with van der Waals surface area (Å²) in [4.78, 5) is 131. The molecule has 1 aliphatic carbocycles. The lowest BCUT2D eigenvalue weighted by molar-refractivity contribution is -0.302. The second-order valence-electron chi connectivity index (χ2n) is 36.7. The minimum Gasteiger partial charge on any atom is -0.462 e. The van der Waals surface area contributed by atoms with Gasteiger partial charge in [-0.2, -0.15) is 0 Å². The van der Waals surface area contributed by atoms with E-state index >= 15 is 14.4 Å². The van der Waals surface area contributed by atoms with E-state index in [1.54, 1.807) is 39.8 Å². The molecule has 5 rings (SSSR count). The van der Waals surface area contributed by atoms with E-state index in [1.807, 2.05) is 59.8 Å². The summed E-state index contributed by atoms with van der Waals surface area (Å²) >= 11 is 0. The number of nitrogens with zero attached hydrogens (tertiary/aromatic N) is 1. The van der Waals surface area contributed by atoms with Gasteiger partial charge in [0, 0.05) is 88.7 Å². The van der Waals surface area contributed by atoms with Crippen molar-refractivity contribution >= 4 is 53.3 Å². The number of ketones is 2. The molecule has 3 heterocycles. The number of hydrogen-bond donors (Lipinski definition) is 2. The molecule has 1 saturated carbocycles. The lowest BCUT2D eigenvalue weighted by Crippen LogP contribution is -2.64. The molecular formula is C98H159NO21. The minimum absolute atomic E-state index is 0.0166. The highest BCUT2D eigenvalue weighted by Crippen LogP contribution is 2.42. The number of rotatable bonds is 49. The Kier molecular flexibility index (Phi) is 48.7. The molecule has 0 aromatic heterocycles. The van der Waals surface area contributed by atoms with Gasteiger partial charge in [0.1, 0.15) is 49.1 Å². The van der Waals surface area contributed by atoms with Crippen LogP contribution in [0.1, 0.15) is 356 Å². The Morgan fingerprint density at radius 3 is 1.71 bits per heavy atom. The molecule has 0 spiro atoms. The van der Waals surface area contributed by atoms with Crippen LogP contribution in [0.4, 0.5) is 0 Å². The van der Waals surface area contributed by atoms with E-state index in [1.165, 1.54) is 137 Å². The molecule has 1 aromatic rings. The largest absolute Gasteiger partial charge is 0.462 e. The molecule has 22 nitrogen and oxygen atoms in total. The van der Waals surface area contributed by atoms with Crippen LogP contribution in [0, 0.1) is 49.4 Å². The van der Waals surface area contributed by atoms with Gasteiger partial charge in [-0.15, -0.1) is 6.58 Å². The Labute approximate surface area is 721 Å². The maximum absolute atomic E-state index is 15.3. The lowest BCUT2D eigenvalue weighted by Gasteiger charge is -2.47. The van der Waals surface area contributed by atoms with Crippen LogP contribution in [-0.4, -0.2) is 170 Å². The van der Waals surface area contributed by atoms with Crippen molar-refractivity contribution in [2.75, 3.05) is 41.1 Å². The molecule has 3 aliphatic heterocycles. The van der Waals surface area contributed by atoms with Crippen molar-refractivity contribution in [2.24, 2.45) is 35.5 Å². The van der Waals surface area contributed by atoms with Crippen molar-refractivity contribution < 1.29 is 101 Å². The average molecular weight is 1690 g/mol. The molecule has 0 radical (unpaired) electrons. The maximum atomic E-state index is 15.3. The zero-order valence-electron chi connectivity index (χ0n) is 76.7. The van der Waals surface area contributed by atoms with Gasteiger partial charge in [0.25, 0.3) is 11.7 Å². The first-order chi connectivity index (χ1) is 57.3.